The first-order valence-corrected chi connectivity index (χ1v) is 5.52. The molecule has 1 unspecified atom stereocenters. The third kappa shape index (κ3) is 4.13. The van der Waals surface area contributed by atoms with Gasteiger partial charge in [0, 0.05) is 6.54 Å². The molecule has 0 saturated carbocycles. The first-order chi connectivity index (χ1) is 8.40. The summed E-state index contributed by atoms with van der Waals surface area (Å²) in [4.78, 5) is 21.2. The van der Waals surface area contributed by atoms with Crippen LogP contribution in [-0.2, 0) is 11.3 Å². The largest absolute Gasteiger partial charge is 0.391 e. The fourth-order valence-electron chi connectivity index (χ4n) is 1.19. The number of carbonyl (C=O) groups excluding carboxylic acids is 1. The molecule has 1 aromatic heterocycles. The van der Waals surface area contributed by atoms with Crippen LogP contribution >= 0.6 is 0 Å². The Morgan fingerprint density at radius 2 is 2.33 bits per heavy atom. The van der Waals surface area contributed by atoms with Crippen LogP contribution < -0.4 is 5.32 Å². The fraction of sp³-hybridized carbons (Fsp3) is 0.600. The highest BCUT2D eigenvalue weighted by molar-refractivity contribution is 5.75. The molecule has 0 radical (unpaired) electrons. The molecular formula is C10H16N4O4. The molecule has 2 N–H and O–H groups in total. The summed E-state index contributed by atoms with van der Waals surface area (Å²) in [5.41, 5.74) is 0. The zero-order chi connectivity index (χ0) is 13.7. The van der Waals surface area contributed by atoms with Crippen LogP contribution in [0, 0.1) is 16.0 Å². The molecule has 1 rings (SSSR count). The van der Waals surface area contributed by atoms with E-state index in [0.717, 1.165) is 0 Å². The molecule has 100 valence electrons. The van der Waals surface area contributed by atoms with Gasteiger partial charge in [0.1, 0.15) is 6.54 Å². The maximum Gasteiger partial charge on any atom is 0.389 e. The Morgan fingerprint density at radius 1 is 1.67 bits per heavy atom. The van der Waals surface area contributed by atoms with Crippen LogP contribution in [0.5, 0.6) is 0 Å². The second-order valence-electron chi connectivity index (χ2n) is 4.24. The normalized spacial score (nSPS) is 12.4. The number of carbonyl (C=O) groups is 1. The van der Waals surface area contributed by atoms with E-state index in [-0.39, 0.29) is 30.7 Å². The second-order valence-corrected chi connectivity index (χ2v) is 4.24. The van der Waals surface area contributed by atoms with Crippen molar-refractivity contribution in [1.29, 1.82) is 0 Å². The molecule has 1 heterocycles. The molecule has 8 nitrogen and oxygen atoms in total. The topological polar surface area (TPSA) is 110 Å². The Morgan fingerprint density at radius 3 is 2.83 bits per heavy atom. The van der Waals surface area contributed by atoms with Gasteiger partial charge in [-0.1, -0.05) is 13.8 Å². The van der Waals surface area contributed by atoms with E-state index in [2.05, 4.69) is 10.4 Å². The van der Waals surface area contributed by atoms with Crippen molar-refractivity contribution in [3.8, 4) is 0 Å². The molecule has 1 amide bonds. The Hall–Kier alpha value is -1.96. The van der Waals surface area contributed by atoms with Gasteiger partial charge in [0.2, 0.25) is 5.91 Å². The molecule has 0 spiro atoms. The van der Waals surface area contributed by atoms with Crippen LogP contribution in [0.25, 0.3) is 0 Å². The van der Waals surface area contributed by atoms with Gasteiger partial charge < -0.3 is 20.5 Å². The Bertz CT molecular complexity index is 429. The van der Waals surface area contributed by atoms with Crippen molar-refractivity contribution in [1.82, 2.24) is 15.1 Å². The average Bonchev–Trinajstić information content (AvgIpc) is 2.74. The van der Waals surface area contributed by atoms with Crippen LogP contribution in [-0.4, -0.2) is 38.4 Å². The molecule has 0 aliphatic heterocycles. The third-order valence-corrected chi connectivity index (χ3v) is 2.40. The van der Waals surface area contributed by atoms with Gasteiger partial charge in [0.25, 0.3) is 0 Å². The monoisotopic (exact) mass is 256 g/mol. The van der Waals surface area contributed by atoms with E-state index in [0.29, 0.717) is 0 Å². The minimum Gasteiger partial charge on any atom is -0.391 e. The lowest BCUT2D eigenvalue weighted by molar-refractivity contribution is -0.389. The maximum absolute atomic E-state index is 11.5. The molecule has 0 aromatic carbocycles. The van der Waals surface area contributed by atoms with Crippen LogP contribution in [0.4, 0.5) is 5.82 Å². The number of nitrogens with one attached hydrogen (secondary N) is 1. The number of aliphatic hydroxyl groups excluding tert-OH is 1. The molecule has 0 saturated heterocycles. The minimum absolute atomic E-state index is 0.0519. The van der Waals surface area contributed by atoms with Crippen LogP contribution in [0.3, 0.4) is 0 Å². The molecule has 0 bridgehead atoms. The number of hydrogen-bond donors (Lipinski definition) is 2. The highest BCUT2D eigenvalue weighted by Crippen LogP contribution is 2.04. The predicted octanol–water partition coefficient (Wildman–Crippen LogP) is -0.0756. The maximum atomic E-state index is 11.5. The number of rotatable bonds is 6. The number of aromatic nitrogens is 2. The van der Waals surface area contributed by atoms with E-state index in [1.54, 1.807) is 0 Å². The predicted molar refractivity (Wildman–Crippen MR) is 62.7 cm³/mol. The van der Waals surface area contributed by atoms with Crippen LogP contribution in [0.2, 0.25) is 0 Å². The number of aliphatic hydroxyl groups is 1. The van der Waals surface area contributed by atoms with Crippen LogP contribution in [0.15, 0.2) is 12.3 Å². The Balaban J connectivity index is 2.42. The quantitative estimate of drug-likeness (QED) is 0.546. The van der Waals surface area contributed by atoms with Gasteiger partial charge in [-0.2, -0.15) is 4.68 Å². The summed E-state index contributed by atoms with van der Waals surface area (Å²) in [7, 11) is 0. The highest BCUT2D eigenvalue weighted by atomic mass is 16.6. The summed E-state index contributed by atoms with van der Waals surface area (Å²) in [5.74, 6) is -0.603. The van der Waals surface area contributed by atoms with Gasteiger partial charge in [-0.3, -0.25) is 4.79 Å². The van der Waals surface area contributed by atoms with E-state index in [1.165, 1.54) is 16.9 Å². The van der Waals surface area contributed by atoms with Gasteiger partial charge in [-0.15, -0.1) is 0 Å². The molecule has 18 heavy (non-hydrogen) atoms. The number of amides is 1. The minimum atomic E-state index is -0.628. The molecule has 1 atom stereocenters. The second kappa shape index (κ2) is 6.10. The summed E-state index contributed by atoms with van der Waals surface area (Å²) in [6, 6.07) is 1.22. The van der Waals surface area contributed by atoms with Crippen molar-refractivity contribution < 1.29 is 14.8 Å². The Kier molecular flexibility index (Phi) is 4.78. The zero-order valence-corrected chi connectivity index (χ0v) is 10.2. The lowest BCUT2D eigenvalue weighted by Crippen LogP contribution is -2.36. The first-order valence-electron chi connectivity index (χ1n) is 5.52. The van der Waals surface area contributed by atoms with Crippen molar-refractivity contribution in [2.45, 2.75) is 26.5 Å². The standard InChI is InChI=1S/C10H16N4O4/c1-7(2)8(15)5-11-10(16)6-13-4-3-9(12-13)14(17)18/h3-4,7-8,15H,5-6H2,1-2H3,(H,11,16). The Labute approximate surface area is 104 Å². The smallest absolute Gasteiger partial charge is 0.389 e. The van der Waals surface area contributed by atoms with Crippen molar-refractivity contribution >= 4 is 11.7 Å². The number of nitro groups is 1. The van der Waals surface area contributed by atoms with Gasteiger partial charge >= 0.3 is 5.82 Å². The zero-order valence-electron chi connectivity index (χ0n) is 10.2. The van der Waals surface area contributed by atoms with Gasteiger partial charge in [-0.05, 0) is 10.8 Å². The van der Waals surface area contributed by atoms with E-state index >= 15 is 0 Å². The SMILES string of the molecule is CC(C)C(O)CNC(=O)Cn1ccc([N+](=O)[O-])n1. The summed E-state index contributed by atoms with van der Waals surface area (Å²) in [6.45, 7) is 3.72. The fourth-order valence-corrected chi connectivity index (χ4v) is 1.19. The van der Waals surface area contributed by atoms with Crippen LogP contribution in [0.1, 0.15) is 13.8 Å². The lowest BCUT2D eigenvalue weighted by atomic mass is 10.1. The van der Waals surface area contributed by atoms with Crippen molar-refractivity contribution in [2.75, 3.05) is 6.54 Å². The van der Waals surface area contributed by atoms with E-state index in [4.69, 9.17) is 0 Å². The third-order valence-electron chi connectivity index (χ3n) is 2.40. The van der Waals surface area contributed by atoms with Gasteiger partial charge in [0.05, 0.1) is 23.5 Å². The highest BCUT2D eigenvalue weighted by Gasteiger charge is 2.14. The van der Waals surface area contributed by atoms with E-state index in [9.17, 15) is 20.0 Å². The van der Waals surface area contributed by atoms with Gasteiger partial charge in [0.15, 0.2) is 0 Å². The molecule has 8 heteroatoms. The van der Waals surface area contributed by atoms with E-state index in [1.807, 2.05) is 13.8 Å². The van der Waals surface area contributed by atoms with Crippen molar-refractivity contribution in [3.05, 3.63) is 22.4 Å². The molecule has 0 fully saturated rings. The summed E-state index contributed by atoms with van der Waals surface area (Å²) < 4.78 is 1.18. The summed E-state index contributed by atoms with van der Waals surface area (Å²) in [5, 5.41) is 26.0. The van der Waals surface area contributed by atoms with Crippen molar-refractivity contribution in [2.24, 2.45) is 5.92 Å². The number of hydrogen-bond acceptors (Lipinski definition) is 5. The average molecular weight is 256 g/mol. The molecule has 1 aromatic rings. The summed E-state index contributed by atoms with van der Waals surface area (Å²) >= 11 is 0. The molecule has 0 aliphatic rings. The number of nitrogens with zero attached hydrogens (tertiary/aromatic N) is 3. The van der Waals surface area contributed by atoms with Crippen molar-refractivity contribution in [3.63, 3.8) is 0 Å². The molecule has 0 aliphatic carbocycles. The summed E-state index contributed by atoms with van der Waals surface area (Å²) in [6.07, 6.45) is 0.747. The van der Waals surface area contributed by atoms with E-state index < -0.39 is 11.0 Å². The molecular weight excluding hydrogens is 240 g/mol. The first kappa shape index (κ1) is 14.1. The lowest BCUT2D eigenvalue weighted by Gasteiger charge is -2.14. The van der Waals surface area contributed by atoms with Gasteiger partial charge in [-0.25, -0.2) is 0 Å².